The highest BCUT2D eigenvalue weighted by Gasteiger charge is 2.13. The van der Waals surface area contributed by atoms with Gasteiger partial charge in [-0.2, -0.15) is 0 Å². The third-order valence-electron chi connectivity index (χ3n) is 2.45. The molecule has 14 heavy (non-hydrogen) atoms. The van der Waals surface area contributed by atoms with Crippen molar-refractivity contribution in [2.24, 2.45) is 0 Å². The number of benzene rings is 1. The van der Waals surface area contributed by atoms with E-state index >= 15 is 0 Å². The van der Waals surface area contributed by atoms with Crippen LogP contribution < -0.4 is 0 Å². The number of ether oxygens (including phenoxy) is 1. The monoisotopic (exact) mass is 208 g/mol. The van der Waals surface area contributed by atoms with E-state index < -0.39 is 0 Å². The highest BCUT2D eigenvalue weighted by atomic mass is 32.2. The van der Waals surface area contributed by atoms with Crippen LogP contribution >= 0.6 is 11.8 Å². The fourth-order valence-corrected chi connectivity index (χ4v) is 2.64. The fourth-order valence-electron chi connectivity index (χ4n) is 1.64. The van der Waals surface area contributed by atoms with Gasteiger partial charge in [0, 0.05) is 17.3 Å². The molecule has 1 heterocycles. The summed E-state index contributed by atoms with van der Waals surface area (Å²) in [4.78, 5) is 1.35. The number of hydrogen-bond acceptors (Lipinski definition) is 2. The molecule has 2 heteroatoms. The first-order chi connectivity index (χ1) is 6.95. The number of rotatable bonds is 3. The lowest BCUT2D eigenvalue weighted by molar-refractivity contribution is 0.0315. The van der Waals surface area contributed by atoms with Crippen LogP contribution in [0.2, 0.25) is 0 Å². The quantitative estimate of drug-likeness (QED) is 0.704. The van der Waals surface area contributed by atoms with E-state index in [9.17, 15) is 0 Å². The van der Waals surface area contributed by atoms with Gasteiger partial charge in [-0.1, -0.05) is 18.2 Å². The first-order valence-electron chi connectivity index (χ1n) is 5.24. The van der Waals surface area contributed by atoms with Gasteiger partial charge < -0.3 is 4.74 Å². The molecular weight excluding hydrogens is 192 g/mol. The van der Waals surface area contributed by atoms with Crippen molar-refractivity contribution in [3.05, 3.63) is 30.3 Å². The summed E-state index contributed by atoms with van der Waals surface area (Å²) >= 11 is 1.90. The van der Waals surface area contributed by atoms with Crippen molar-refractivity contribution in [3.63, 3.8) is 0 Å². The Morgan fingerprint density at radius 1 is 1.21 bits per heavy atom. The van der Waals surface area contributed by atoms with Crippen molar-refractivity contribution < 1.29 is 4.74 Å². The predicted octanol–water partition coefficient (Wildman–Crippen LogP) is 3.35. The molecule has 2 rings (SSSR count). The molecule has 1 saturated heterocycles. The summed E-state index contributed by atoms with van der Waals surface area (Å²) in [5.41, 5.74) is 0. The largest absolute Gasteiger partial charge is 0.377 e. The molecule has 1 aromatic rings. The van der Waals surface area contributed by atoms with Crippen LogP contribution in [0.4, 0.5) is 0 Å². The third kappa shape index (κ3) is 3.03. The minimum atomic E-state index is 0.481. The van der Waals surface area contributed by atoms with E-state index in [1.54, 1.807) is 0 Å². The summed E-state index contributed by atoms with van der Waals surface area (Å²) in [7, 11) is 0. The van der Waals surface area contributed by atoms with Gasteiger partial charge >= 0.3 is 0 Å². The lowest BCUT2D eigenvalue weighted by Gasteiger charge is -2.21. The van der Waals surface area contributed by atoms with Crippen molar-refractivity contribution in [3.8, 4) is 0 Å². The van der Waals surface area contributed by atoms with Crippen LogP contribution in [0.5, 0.6) is 0 Å². The Hall–Kier alpha value is -0.470. The standard InChI is InChI=1S/C12H16OS/c1-2-7-12(8-3-1)14-10-11-6-4-5-9-13-11/h1-3,7-8,11H,4-6,9-10H2. The highest BCUT2D eigenvalue weighted by molar-refractivity contribution is 7.99. The Balaban J connectivity index is 1.76. The molecule has 76 valence electrons. The van der Waals surface area contributed by atoms with E-state index in [2.05, 4.69) is 30.3 Å². The minimum absolute atomic E-state index is 0.481. The average molecular weight is 208 g/mol. The van der Waals surface area contributed by atoms with Crippen molar-refractivity contribution in [2.75, 3.05) is 12.4 Å². The molecule has 1 fully saturated rings. The Labute approximate surface area is 89.9 Å². The smallest absolute Gasteiger partial charge is 0.0669 e. The van der Waals surface area contributed by atoms with Crippen LogP contribution in [-0.2, 0) is 4.74 Å². The fraction of sp³-hybridized carbons (Fsp3) is 0.500. The zero-order chi connectivity index (χ0) is 9.64. The van der Waals surface area contributed by atoms with Gasteiger partial charge in [-0.3, -0.25) is 0 Å². The van der Waals surface area contributed by atoms with Gasteiger partial charge in [0.2, 0.25) is 0 Å². The summed E-state index contributed by atoms with van der Waals surface area (Å²) < 4.78 is 5.68. The van der Waals surface area contributed by atoms with Crippen LogP contribution in [0.1, 0.15) is 19.3 Å². The second-order valence-electron chi connectivity index (χ2n) is 3.61. The maximum absolute atomic E-state index is 5.68. The Kier molecular flexibility index (Phi) is 3.90. The first kappa shape index (κ1) is 10.1. The number of hydrogen-bond donors (Lipinski definition) is 0. The van der Waals surface area contributed by atoms with Gasteiger partial charge in [-0.05, 0) is 31.4 Å². The van der Waals surface area contributed by atoms with Crippen molar-refractivity contribution in [1.82, 2.24) is 0 Å². The summed E-state index contributed by atoms with van der Waals surface area (Å²) in [6, 6.07) is 10.6. The minimum Gasteiger partial charge on any atom is -0.377 e. The second kappa shape index (κ2) is 5.42. The van der Waals surface area contributed by atoms with Crippen LogP contribution in [-0.4, -0.2) is 18.5 Å². The Morgan fingerprint density at radius 3 is 2.79 bits per heavy atom. The first-order valence-corrected chi connectivity index (χ1v) is 6.23. The van der Waals surface area contributed by atoms with Crippen LogP contribution in [0, 0.1) is 0 Å². The SMILES string of the molecule is c1ccc(SCC2CCCCO2)cc1. The van der Waals surface area contributed by atoms with Crippen LogP contribution in [0.3, 0.4) is 0 Å². The van der Waals surface area contributed by atoms with Crippen molar-refractivity contribution >= 4 is 11.8 Å². The molecule has 0 amide bonds. The van der Waals surface area contributed by atoms with Crippen LogP contribution in [0.15, 0.2) is 35.2 Å². The molecule has 0 spiro atoms. The molecule has 0 bridgehead atoms. The predicted molar refractivity (Wildman–Crippen MR) is 60.8 cm³/mol. The zero-order valence-electron chi connectivity index (χ0n) is 8.32. The van der Waals surface area contributed by atoms with E-state index in [1.807, 2.05) is 11.8 Å². The highest BCUT2D eigenvalue weighted by Crippen LogP contribution is 2.22. The van der Waals surface area contributed by atoms with Crippen molar-refractivity contribution in [2.45, 2.75) is 30.3 Å². The lowest BCUT2D eigenvalue weighted by Crippen LogP contribution is -2.21. The summed E-state index contributed by atoms with van der Waals surface area (Å²) in [5, 5.41) is 0. The molecule has 0 aliphatic carbocycles. The Bertz CT molecular complexity index is 254. The zero-order valence-corrected chi connectivity index (χ0v) is 9.13. The molecule has 1 nitrogen and oxygen atoms in total. The molecule has 0 saturated carbocycles. The molecule has 0 radical (unpaired) electrons. The van der Waals surface area contributed by atoms with E-state index in [0.29, 0.717) is 6.10 Å². The third-order valence-corrected chi connectivity index (χ3v) is 3.60. The van der Waals surface area contributed by atoms with Crippen molar-refractivity contribution in [1.29, 1.82) is 0 Å². The summed E-state index contributed by atoms with van der Waals surface area (Å²) in [5.74, 6) is 1.10. The molecule has 1 aliphatic rings. The molecule has 1 atom stereocenters. The molecule has 1 unspecified atom stereocenters. The van der Waals surface area contributed by atoms with E-state index in [0.717, 1.165) is 12.4 Å². The van der Waals surface area contributed by atoms with Gasteiger partial charge in [-0.15, -0.1) is 11.8 Å². The topological polar surface area (TPSA) is 9.23 Å². The van der Waals surface area contributed by atoms with E-state index in [-0.39, 0.29) is 0 Å². The maximum atomic E-state index is 5.68. The average Bonchev–Trinajstić information content (AvgIpc) is 2.29. The van der Waals surface area contributed by atoms with Gasteiger partial charge in [0.15, 0.2) is 0 Å². The van der Waals surface area contributed by atoms with E-state index in [4.69, 9.17) is 4.74 Å². The summed E-state index contributed by atoms with van der Waals surface area (Å²) in [6.45, 7) is 0.958. The van der Waals surface area contributed by atoms with Gasteiger partial charge in [0.1, 0.15) is 0 Å². The maximum Gasteiger partial charge on any atom is 0.0669 e. The number of thioether (sulfide) groups is 1. The van der Waals surface area contributed by atoms with Gasteiger partial charge in [0.05, 0.1) is 6.10 Å². The normalized spacial score (nSPS) is 22.1. The molecule has 1 aliphatic heterocycles. The molecule has 0 aromatic heterocycles. The molecular formula is C12H16OS. The van der Waals surface area contributed by atoms with Crippen LogP contribution in [0.25, 0.3) is 0 Å². The Morgan fingerprint density at radius 2 is 2.07 bits per heavy atom. The molecule has 1 aromatic carbocycles. The van der Waals surface area contributed by atoms with Gasteiger partial charge in [0.25, 0.3) is 0 Å². The van der Waals surface area contributed by atoms with Gasteiger partial charge in [-0.25, -0.2) is 0 Å². The summed E-state index contributed by atoms with van der Waals surface area (Å²) in [6.07, 6.45) is 4.29. The second-order valence-corrected chi connectivity index (χ2v) is 4.71. The van der Waals surface area contributed by atoms with E-state index in [1.165, 1.54) is 24.2 Å². The molecule has 0 N–H and O–H groups in total. The lowest BCUT2D eigenvalue weighted by atomic mass is 10.1.